The molecule has 8 nitrogen and oxygen atoms in total. The maximum absolute atomic E-state index is 12.6. The molecule has 0 spiro atoms. The third-order valence-corrected chi connectivity index (χ3v) is 6.98. The van der Waals surface area contributed by atoms with Gasteiger partial charge in [-0.3, -0.25) is 14.3 Å². The number of allylic oxidation sites excluding steroid dienone is 1. The predicted molar refractivity (Wildman–Crippen MR) is 108 cm³/mol. The number of amides is 1. The van der Waals surface area contributed by atoms with E-state index in [1.807, 2.05) is 13.8 Å². The van der Waals surface area contributed by atoms with Crippen molar-refractivity contribution in [1.82, 2.24) is 9.78 Å². The van der Waals surface area contributed by atoms with E-state index in [2.05, 4.69) is 10.4 Å². The van der Waals surface area contributed by atoms with Crippen LogP contribution in [-0.2, 0) is 14.6 Å². The molecule has 2 aromatic rings. The zero-order valence-corrected chi connectivity index (χ0v) is 17.0. The lowest BCUT2D eigenvalue weighted by Gasteiger charge is -2.17. The van der Waals surface area contributed by atoms with Crippen molar-refractivity contribution >= 4 is 33.3 Å². The Morgan fingerprint density at radius 2 is 2.14 bits per heavy atom. The lowest BCUT2D eigenvalue weighted by molar-refractivity contribution is -0.118. The Morgan fingerprint density at radius 1 is 1.34 bits per heavy atom. The molecule has 1 aromatic heterocycles. The number of carbonyl (C=O) groups is 2. The molecule has 1 amide bonds. The number of aryl methyl sites for hydroxylation is 1. The van der Waals surface area contributed by atoms with E-state index in [-0.39, 0.29) is 35.8 Å². The van der Waals surface area contributed by atoms with Gasteiger partial charge in [0.25, 0.3) is 5.91 Å². The van der Waals surface area contributed by atoms with Gasteiger partial charge in [-0.2, -0.15) is 5.10 Å². The van der Waals surface area contributed by atoms with E-state index < -0.39 is 9.84 Å². The van der Waals surface area contributed by atoms with Crippen LogP contribution in [0.4, 0.5) is 5.69 Å². The van der Waals surface area contributed by atoms with Gasteiger partial charge in [-0.1, -0.05) is 0 Å². The lowest BCUT2D eigenvalue weighted by Crippen LogP contribution is -2.25. The summed E-state index contributed by atoms with van der Waals surface area (Å²) in [6, 6.07) is 4.73. The average molecular weight is 415 g/mol. The van der Waals surface area contributed by atoms with Crippen molar-refractivity contribution in [1.29, 1.82) is 0 Å². The highest BCUT2D eigenvalue weighted by Crippen LogP contribution is 2.29. The van der Waals surface area contributed by atoms with E-state index in [0.29, 0.717) is 23.4 Å². The number of nitrogens with one attached hydrogen (secondary N) is 1. The summed E-state index contributed by atoms with van der Waals surface area (Å²) in [4.78, 5) is 24.1. The van der Waals surface area contributed by atoms with Gasteiger partial charge in [0.2, 0.25) is 0 Å². The van der Waals surface area contributed by atoms with Crippen LogP contribution in [0.15, 0.2) is 24.3 Å². The largest absolute Gasteiger partial charge is 0.482 e. The topological polar surface area (TPSA) is 107 Å². The van der Waals surface area contributed by atoms with E-state index in [1.165, 1.54) is 6.08 Å². The third-order valence-electron chi connectivity index (χ3n) is 5.23. The van der Waals surface area contributed by atoms with Crippen LogP contribution < -0.4 is 10.1 Å². The number of ether oxygens (including phenoxy) is 1. The van der Waals surface area contributed by atoms with Gasteiger partial charge in [-0.15, -0.1) is 0 Å². The highest BCUT2D eigenvalue weighted by atomic mass is 32.2. The highest BCUT2D eigenvalue weighted by molar-refractivity contribution is 7.91. The Bertz CT molecular complexity index is 1150. The summed E-state index contributed by atoms with van der Waals surface area (Å²) in [7, 11) is -3.01. The molecule has 1 N–H and O–H groups in total. The molecule has 29 heavy (non-hydrogen) atoms. The molecule has 152 valence electrons. The predicted octanol–water partition coefficient (Wildman–Crippen LogP) is 2.09. The minimum atomic E-state index is -3.01. The summed E-state index contributed by atoms with van der Waals surface area (Å²) in [6.45, 7) is 3.68. The Hall–Kier alpha value is -2.94. The van der Waals surface area contributed by atoms with Crippen LogP contribution in [0.1, 0.15) is 39.8 Å². The van der Waals surface area contributed by atoms with E-state index in [9.17, 15) is 18.0 Å². The van der Waals surface area contributed by atoms with E-state index in [4.69, 9.17) is 4.74 Å². The summed E-state index contributed by atoms with van der Waals surface area (Å²) in [5.74, 6) is 0.329. The molecule has 9 heteroatoms. The molecule has 0 bridgehead atoms. The second-order valence-corrected chi connectivity index (χ2v) is 9.56. The fourth-order valence-corrected chi connectivity index (χ4v) is 5.42. The van der Waals surface area contributed by atoms with Gasteiger partial charge in [0.15, 0.2) is 22.2 Å². The van der Waals surface area contributed by atoms with Crippen molar-refractivity contribution in [3.63, 3.8) is 0 Å². The maximum Gasteiger partial charge on any atom is 0.262 e. The summed E-state index contributed by atoms with van der Waals surface area (Å²) >= 11 is 0. The third kappa shape index (κ3) is 3.82. The smallest absolute Gasteiger partial charge is 0.262 e. The number of hydrogen-bond acceptors (Lipinski definition) is 6. The van der Waals surface area contributed by atoms with Gasteiger partial charge in [0.05, 0.1) is 28.9 Å². The minimum absolute atomic E-state index is 0.0367. The van der Waals surface area contributed by atoms with Crippen LogP contribution in [-0.4, -0.2) is 48.0 Å². The highest BCUT2D eigenvalue weighted by Gasteiger charge is 2.31. The van der Waals surface area contributed by atoms with Gasteiger partial charge in [-0.05, 0) is 50.6 Å². The number of anilines is 1. The van der Waals surface area contributed by atoms with Gasteiger partial charge < -0.3 is 10.1 Å². The monoisotopic (exact) mass is 415 g/mol. The first-order valence-corrected chi connectivity index (χ1v) is 11.1. The van der Waals surface area contributed by atoms with E-state index in [1.54, 1.807) is 29.0 Å². The second-order valence-electron chi connectivity index (χ2n) is 7.33. The molecule has 2 aliphatic heterocycles. The molecule has 2 aliphatic rings. The molecule has 1 fully saturated rings. The number of fused-ring (bicyclic) bond motifs is 1. The summed E-state index contributed by atoms with van der Waals surface area (Å²) in [5, 5.41) is 7.19. The van der Waals surface area contributed by atoms with E-state index in [0.717, 1.165) is 17.0 Å². The molecule has 0 saturated carbocycles. The normalized spacial score (nSPS) is 20.3. The first-order valence-electron chi connectivity index (χ1n) is 9.29. The van der Waals surface area contributed by atoms with Gasteiger partial charge in [-0.25, -0.2) is 8.42 Å². The molecule has 0 unspecified atom stereocenters. The van der Waals surface area contributed by atoms with Crippen molar-refractivity contribution in [3.8, 4) is 5.75 Å². The van der Waals surface area contributed by atoms with Crippen LogP contribution in [0.2, 0.25) is 0 Å². The van der Waals surface area contributed by atoms with Crippen LogP contribution in [0.5, 0.6) is 5.75 Å². The molecule has 0 radical (unpaired) electrons. The fourth-order valence-electron chi connectivity index (χ4n) is 3.73. The molecular formula is C20H21N3O5S. The Balaban J connectivity index is 1.56. The number of ketones is 1. The van der Waals surface area contributed by atoms with Gasteiger partial charge >= 0.3 is 0 Å². The number of sulfone groups is 1. The molecule has 4 rings (SSSR count). The van der Waals surface area contributed by atoms with Crippen LogP contribution in [0.25, 0.3) is 6.08 Å². The van der Waals surface area contributed by atoms with Crippen molar-refractivity contribution in [2.75, 3.05) is 23.4 Å². The van der Waals surface area contributed by atoms with Gasteiger partial charge in [0, 0.05) is 16.8 Å². The number of carbonyl (C=O) groups excluding carboxylic acids is 2. The number of hydrogen-bond donors (Lipinski definition) is 1. The first kappa shape index (κ1) is 19.4. The number of nitrogens with zero attached hydrogens (tertiary/aromatic N) is 2. The quantitative estimate of drug-likeness (QED) is 0.605. The van der Waals surface area contributed by atoms with Crippen molar-refractivity contribution < 1.29 is 22.7 Å². The Morgan fingerprint density at radius 3 is 2.86 bits per heavy atom. The SMILES string of the molecule is Cc1nn([C@@H]2CCS(=O)(=O)C2)c(C)c1/C=C/C(=O)c1ccc2c(c1)NC(=O)CO2. The molecular weight excluding hydrogens is 394 g/mol. The summed E-state index contributed by atoms with van der Waals surface area (Å²) in [5.41, 5.74) is 3.28. The average Bonchev–Trinajstić information content (AvgIpc) is 3.17. The molecule has 1 saturated heterocycles. The molecule has 1 aromatic carbocycles. The van der Waals surface area contributed by atoms with Crippen molar-refractivity contribution in [3.05, 3.63) is 46.8 Å². The standard InChI is InChI=1S/C20H21N3O5S/c1-12-16(13(2)23(22-12)15-7-8-29(26,27)11-15)4-5-18(24)14-3-6-19-17(9-14)21-20(25)10-28-19/h3-6,9,15H,7-8,10-11H2,1-2H3,(H,21,25)/b5-4+/t15-/m1/s1. The van der Waals surface area contributed by atoms with Gasteiger partial charge in [0.1, 0.15) is 5.75 Å². The fraction of sp³-hybridized carbons (Fsp3) is 0.350. The number of rotatable bonds is 4. The van der Waals surface area contributed by atoms with E-state index >= 15 is 0 Å². The molecule has 0 aliphatic carbocycles. The lowest BCUT2D eigenvalue weighted by atomic mass is 10.1. The minimum Gasteiger partial charge on any atom is -0.482 e. The number of aromatic nitrogens is 2. The summed E-state index contributed by atoms with van der Waals surface area (Å²) in [6.07, 6.45) is 3.71. The molecule has 1 atom stereocenters. The van der Waals surface area contributed by atoms with Crippen LogP contribution in [0, 0.1) is 13.8 Å². The van der Waals surface area contributed by atoms with Crippen LogP contribution in [0.3, 0.4) is 0 Å². The maximum atomic E-state index is 12.6. The Labute approximate surface area is 168 Å². The first-order chi connectivity index (χ1) is 13.7. The second kappa shape index (κ2) is 7.14. The van der Waals surface area contributed by atoms with Crippen molar-refractivity contribution in [2.24, 2.45) is 0 Å². The molecule has 3 heterocycles. The Kier molecular flexibility index (Phi) is 4.77. The number of benzene rings is 1. The van der Waals surface area contributed by atoms with Crippen molar-refractivity contribution in [2.45, 2.75) is 26.3 Å². The summed E-state index contributed by atoms with van der Waals surface area (Å²) < 4.78 is 30.6. The zero-order valence-electron chi connectivity index (χ0n) is 16.1. The zero-order chi connectivity index (χ0) is 20.8. The van der Waals surface area contributed by atoms with Crippen LogP contribution >= 0.6 is 0 Å².